The van der Waals surface area contributed by atoms with Gasteiger partial charge < -0.3 is 10.1 Å². The Kier molecular flexibility index (Phi) is 5.66. The van der Waals surface area contributed by atoms with Crippen molar-refractivity contribution < 1.29 is 4.74 Å². The summed E-state index contributed by atoms with van der Waals surface area (Å²) in [4.78, 5) is 0. The Labute approximate surface area is 132 Å². The Hall–Kier alpha value is -1.51. The highest BCUT2D eigenvalue weighted by Crippen LogP contribution is 2.26. The van der Waals surface area contributed by atoms with Gasteiger partial charge in [0, 0.05) is 12.6 Å². The molecule has 0 aliphatic heterocycles. The van der Waals surface area contributed by atoms with Crippen molar-refractivity contribution in [1.82, 2.24) is 5.32 Å². The summed E-state index contributed by atoms with van der Waals surface area (Å²) in [6.07, 6.45) is 2.67. The van der Waals surface area contributed by atoms with Crippen molar-refractivity contribution in [3.05, 3.63) is 60.2 Å². The average Bonchev–Trinajstić information content (AvgIpc) is 3.30. The van der Waals surface area contributed by atoms with E-state index in [0.29, 0.717) is 5.92 Å². The second-order valence-electron chi connectivity index (χ2n) is 5.57. The van der Waals surface area contributed by atoms with Crippen molar-refractivity contribution in [2.45, 2.75) is 31.7 Å². The van der Waals surface area contributed by atoms with Gasteiger partial charge in [0.15, 0.2) is 0 Å². The van der Waals surface area contributed by atoms with Gasteiger partial charge in [-0.15, -0.1) is 12.4 Å². The molecule has 2 nitrogen and oxygen atoms in total. The third kappa shape index (κ3) is 4.76. The second-order valence-corrected chi connectivity index (χ2v) is 5.57. The minimum Gasteiger partial charge on any atom is -0.457 e. The number of hydrogen-bond donors (Lipinski definition) is 1. The van der Waals surface area contributed by atoms with Gasteiger partial charge in [-0.2, -0.15) is 0 Å². The molecule has 2 aromatic rings. The lowest BCUT2D eigenvalue weighted by Gasteiger charge is -2.14. The zero-order valence-electron chi connectivity index (χ0n) is 12.3. The van der Waals surface area contributed by atoms with Crippen LogP contribution in [0, 0.1) is 0 Å². The van der Waals surface area contributed by atoms with Crippen LogP contribution in [0.2, 0.25) is 0 Å². The maximum absolute atomic E-state index is 5.89. The van der Waals surface area contributed by atoms with Crippen LogP contribution in [0.25, 0.3) is 0 Å². The summed E-state index contributed by atoms with van der Waals surface area (Å²) in [6.45, 7) is 3.30. The Balaban J connectivity index is 0.00000161. The smallest absolute Gasteiger partial charge is 0.127 e. The van der Waals surface area contributed by atoms with E-state index in [1.54, 1.807) is 0 Å². The monoisotopic (exact) mass is 303 g/mol. The lowest BCUT2D eigenvalue weighted by molar-refractivity contribution is 0.481. The van der Waals surface area contributed by atoms with Crippen LogP contribution < -0.4 is 10.1 Å². The van der Waals surface area contributed by atoms with Gasteiger partial charge in [0.1, 0.15) is 11.5 Å². The molecule has 1 N–H and O–H groups in total. The van der Waals surface area contributed by atoms with Crippen molar-refractivity contribution in [2.75, 3.05) is 6.54 Å². The van der Waals surface area contributed by atoms with Crippen LogP contribution in [0.3, 0.4) is 0 Å². The highest BCUT2D eigenvalue weighted by atomic mass is 35.5. The molecule has 1 aliphatic carbocycles. The number of benzene rings is 2. The van der Waals surface area contributed by atoms with E-state index in [2.05, 4.69) is 30.4 Å². The first kappa shape index (κ1) is 15.9. The predicted molar refractivity (Wildman–Crippen MR) is 89.6 cm³/mol. The van der Waals surface area contributed by atoms with Crippen molar-refractivity contribution in [1.29, 1.82) is 0 Å². The Morgan fingerprint density at radius 3 is 2.48 bits per heavy atom. The SMILES string of the molecule is CC(CNC1CC1)c1cccc(Oc2ccccc2)c1.Cl. The fourth-order valence-corrected chi connectivity index (χ4v) is 2.26. The quantitative estimate of drug-likeness (QED) is 0.831. The van der Waals surface area contributed by atoms with Gasteiger partial charge in [-0.05, 0) is 48.6 Å². The minimum absolute atomic E-state index is 0. The van der Waals surface area contributed by atoms with Crippen molar-refractivity contribution in [2.24, 2.45) is 0 Å². The van der Waals surface area contributed by atoms with Crippen LogP contribution in [0.15, 0.2) is 54.6 Å². The van der Waals surface area contributed by atoms with Gasteiger partial charge in [-0.1, -0.05) is 37.3 Å². The first-order valence-electron chi connectivity index (χ1n) is 7.37. The summed E-state index contributed by atoms with van der Waals surface area (Å²) in [7, 11) is 0. The molecule has 3 rings (SSSR count). The van der Waals surface area contributed by atoms with Crippen LogP contribution >= 0.6 is 12.4 Å². The number of ether oxygens (including phenoxy) is 1. The van der Waals surface area contributed by atoms with E-state index >= 15 is 0 Å². The largest absolute Gasteiger partial charge is 0.457 e. The normalized spacial score (nSPS) is 15.1. The minimum atomic E-state index is 0. The molecule has 2 aromatic carbocycles. The average molecular weight is 304 g/mol. The first-order valence-corrected chi connectivity index (χ1v) is 7.37. The molecule has 0 radical (unpaired) electrons. The van der Waals surface area contributed by atoms with E-state index in [4.69, 9.17) is 4.74 Å². The summed E-state index contributed by atoms with van der Waals surface area (Å²) in [6, 6.07) is 19.1. The number of nitrogens with one attached hydrogen (secondary N) is 1. The Bertz CT molecular complexity index is 554. The molecule has 0 amide bonds. The fraction of sp³-hybridized carbons (Fsp3) is 0.333. The fourth-order valence-electron chi connectivity index (χ4n) is 2.26. The van der Waals surface area contributed by atoms with E-state index in [0.717, 1.165) is 24.1 Å². The van der Waals surface area contributed by atoms with Crippen LogP contribution in [-0.4, -0.2) is 12.6 Å². The van der Waals surface area contributed by atoms with Gasteiger partial charge in [0.2, 0.25) is 0 Å². The molecule has 0 saturated heterocycles. The maximum atomic E-state index is 5.89. The molecule has 1 saturated carbocycles. The van der Waals surface area contributed by atoms with E-state index in [1.165, 1.54) is 18.4 Å². The molecular formula is C18H22ClNO. The highest BCUT2D eigenvalue weighted by molar-refractivity contribution is 5.85. The van der Waals surface area contributed by atoms with Crippen LogP contribution in [0.5, 0.6) is 11.5 Å². The summed E-state index contributed by atoms with van der Waals surface area (Å²) in [5.74, 6) is 2.30. The number of para-hydroxylation sites is 1. The molecule has 0 aromatic heterocycles. The molecule has 1 aliphatic rings. The number of rotatable bonds is 6. The zero-order chi connectivity index (χ0) is 13.8. The molecule has 1 atom stereocenters. The van der Waals surface area contributed by atoms with Crippen LogP contribution in [0.1, 0.15) is 31.2 Å². The van der Waals surface area contributed by atoms with E-state index in [9.17, 15) is 0 Å². The molecule has 0 heterocycles. The third-order valence-electron chi connectivity index (χ3n) is 3.70. The van der Waals surface area contributed by atoms with E-state index in [-0.39, 0.29) is 12.4 Å². The molecule has 3 heteroatoms. The van der Waals surface area contributed by atoms with Crippen molar-refractivity contribution in [3.63, 3.8) is 0 Å². The third-order valence-corrected chi connectivity index (χ3v) is 3.70. The topological polar surface area (TPSA) is 21.3 Å². The summed E-state index contributed by atoms with van der Waals surface area (Å²) in [5.41, 5.74) is 1.33. The summed E-state index contributed by atoms with van der Waals surface area (Å²) in [5, 5.41) is 3.58. The molecular weight excluding hydrogens is 282 g/mol. The van der Waals surface area contributed by atoms with Gasteiger partial charge in [0.05, 0.1) is 0 Å². The zero-order valence-corrected chi connectivity index (χ0v) is 13.1. The van der Waals surface area contributed by atoms with E-state index in [1.807, 2.05) is 36.4 Å². The lowest BCUT2D eigenvalue weighted by Crippen LogP contribution is -2.21. The molecule has 1 unspecified atom stereocenters. The Morgan fingerprint density at radius 2 is 1.76 bits per heavy atom. The molecule has 0 spiro atoms. The molecule has 0 bridgehead atoms. The first-order chi connectivity index (χ1) is 9.81. The molecule has 1 fully saturated rings. The van der Waals surface area contributed by atoms with Gasteiger partial charge >= 0.3 is 0 Å². The predicted octanol–water partition coefficient (Wildman–Crippen LogP) is 4.76. The summed E-state index contributed by atoms with van der Waals surface area (Å²) < 4.78 is 5.89. The molecule has 112 valence electrons. The van der Waals surface area contributed by atoms with E-state index < -0.39 is 0 Å². The standard InChI is InChI=1S/C18H21NO.ClH/c1-14(13-19-16-10-11-16)15-6-5-9-18(12-15)20-17-7-3-2-4-8-17;/h2-9,12,14,16,19H,10-11,13H2,1H3;1H. The number of hydrogen-bond acceptors (Lipinski definition) is 2. The Morgan fingerprint density at radius 1 is 1.05 bits per heavy atom. The lowest BCUT2D eigenvalue weighted by atomic mass is 10.0. The van der Waals surface area contributed by atoms with Crippen molar-refractivity contribution >= 4 is 12.4 Å². The summed E-state index contributed by atoms with van der Waals surface area (Å²) >= 11 is 0. The molecule has 21 heavy (non-hydrogen) atoms. The van der Waals surface area contributed by atoms with Crippen LogP contribution in [0.4, 0.5) is 0 Å². The van der Waals surface area contributed by atoms with Crippen molar-refractivity contribution in [3.8, 4) is 11.5 Å². The highest BCUT2D eigenvalue weighted by Gasteiger charge is 2.21. The van der Waals surface area contributed by atoms with Gasteiger partial charge in [-0.3, -0.25) is 0 Å². The van der Waals surface area contributed by atoms with Gasteiger partial charge in [-0.25, -0.2) is 0 Å². The maximum Gasteiger partial charge on any atom is 0.127 e. The van der Waals surface area contributed by atoms with Crippen LogP contribution in [-0.2, 0) is 0 Å². The second kappa shape index (κ2) is 7.48. The number of halogens is 1. The van der Waals surface area contributed by atoms with Gasteiger partial charge in [0.25, 0.3) is 0 Å².